The molecule has 0 atom stereocenters. The summed E-state index contributed by atoms with van der Waals surface area (Å²) in [4.78, 5) is 11.5. The van der Waals surface area contributed by atoms with E-state index in [9.17, 15) is 9.18 Å². The molecular weight excluding hydrogens is 275 g/mol. The molecule has 1 aromatic carbocycles. The Morgan fingerprint density at radius 2 is 2.10 bits per heavy atom. The molecule has 0 aliphatic rings. The zero-order valence-electron chi connectivity index (χ0n) is 11.3. The van der Waals surface area contributed by atoms with Crippen LogP contribution in [0.1, 0.15) is 23.2 Å². The number of rotatable bonds is 4. The van der Waals surface area contributed by atoms with E-state index < -0.39 is 11.7 Å². The molecule has 0 spiro atoms. The van der Waals surface area contributed by atoms with Crippen molar-refractivity contribution in [2.45, 2.75) is 13.3 Å². The minimum absolute atomic E-state index is 0.0648. The van der Waals surface area contributed by atoms with E-state index in [0.717, 1.165) is 12.2 Å². The summed E-state index contributed by atoms with van der Waals surface area (Å²) in [6, 6.07) is 7.51. The van der Waals surface area contributed by atoms with Crippen LogP contribution in [0.25, 0.3) is 11.0 Å². The Morgan fingerprint density at radius 3 is 2.76 bits per heavy atom. The van der Waals surface area contributed by atoms with Crippen LogP contribution >= 0.6 is 0 Å². The summed E-state index contributed by atoms with van der Waals surface area (Å²) in [5, 5.41) is 3.36. The fourth-order valence-corrected chi connectivity index (χ4v) is 2.13. The predicted octanol–water partition coefficient (Wildman–Crippen LogP) is 3.57. The first-order valence-corrected chi connectivity index (χ1v) is 6.46. The molecule has 3 aromatic rings. The molecule has 0 radical (unpaired) electrons. The number of hydrogen-bond acceptors (Lipinski definition) is 4. The molecule has 0 unspecified atom stereocenters. The fraction of sp³-hybridized carbons (Fsp3) is 0.133. The number of hydrogen-bond donors (Lipinski definition) is 2. The van der Waals surface area contributed by atoms with Crippen LogP contribution < -0.4 is 11.1 Å². The molecule has 3 N–H and O–H groups in total. The summed E-state index contributed by atoms with van der Waals surface area (Å²) in [6.07, 6.45) is 0.741. The number of primary amides is 1. The first kappa shape index (κ1) is 13.2. The number of nitrogens with two attached hydrogens (primary N) is 1. The third-order valence-electron chi connectivity index (χ3n) is 3.13. The number of anilines is 2. The second kappa shape index (κ2) is 4.97. The van der Waals surface area contributed by atoms with Gasteiger partial charge in [-0.2, -0.15) is 0 Å². The second-order valence-electron chi connectivity index (χ2n) is 4.56. The van der Waals surface area contributed by atoms with Crippen molar-refractivity contribution in [3.63, 3.8) is 0 Å². The number of aryl methyl sites for hydroxylation is 1. The Hall–Kier alpha value is -2.76. The molecule has 5 nitrogen and oxygen atoms in total. The fourth-order valence-electron chi connectivity index (χ4n) is 2.13. The third-order valence-corrected chi connectivity index (χ3v) is 3.13. The van der Waals surface area contributed by atoms with E-state index in [0.29, 0.717) is 22.5 Å². The lowest BCUT2D eigenvalue weighted by molar-refractivity contribution is 0.0977. The minimum atomic E-state index is -0.739. The van der Waals surface area contributed by atoms with Gasteiger partial charge in [0.2, 0.25) is 5.76 Å². The lowest BCUT2D eigenvalue weighted by Crippen LogP contribution is -2.11. The average Bonchev–Trinajstić information content (AvgIpc) is 3.04. The van der Waals surface area contributed by atoms with E-state index >= 15 is 0 Å². The smallest absolute Gasteiger partial charge is 0.286 e. The predicted molar refractivity (Wildman–Crippen MR) is 76.1 cm³/mol. The summed E-state index contributed by atoms with van der Waals surface area (Å²) >= 11 is 0. The molecule has 2 aromatic heterocycles. The first-order chi connectivity index (χ1) is 10.1. The number of benzene rings is 1. The van der Waals surface area contributed by atoms with Gasteiger partial charge in [0, 0.05) is 17.9 Å². The van der Waals surface area contributed by atoms with Gasteiger partial charge in [0.1, 0.15) is 22.8 Å². The number of amides is 1. The van der Waals surface area contributed by atoms with Gasteiger partial charge in [0.15, 0.2) is 5.88 Å². The van der Waals surface area contributed by atoms with Crippen LogP contribution in [0.2, 0.25) is 0 Å². The van der Waals surface area contributed by atoms with Crippen molar-refractivity contribution in [1.82, 2.24) is 0 Å². The van der Waals surface area contributed by atoms with Gasteiger partial charge in [0.05, 0.1) is 0 Å². The van der Waals surface area contributed by atoms with E-state index in [1.165, 1.54) is 18.2 Å². The maximum absolute atomic E-state index is 13.4. The summed E-state index contributed by atoms with van der Waals surface area (Å²) in [5.41, 5.74) is 5.97. The van der Waals surface area contributed by atoms with Gasteiger partial charge in [0.25, 0.3) is 5.91 Å². The summed E-state index contributed by atoms with van der Waals surface area (Å²) in [5.74, 6) is -0.0177. The standard InChI is InChI=1S/C15H13FN2O3/c1-2-9-4-6-12(20-9)18-13-10-7-8(16)3-5-11(10)21-14(13)15(17)19/h3-7,18H,2H2,1H3,(H2,17,19). The Morgan fingerprint density at radius 1 is 1.29 bits per heavy atom. The largest absolute Gasteiger partial charge is 0.449 e. The average molecular weight is 288 g/mol. The molecule has 0 fully saturated rings. The summed E-state index contributed by atoms with van der Waals surface area (Å²) < 4.78 is 24.3. The molecule has 2 heterocycles. The molecule has 0 bridgehead atoms. The first-order valence-electron chi connectivity index (χ1n) is 6.46. The molecule has 6 heteroatoms. The normalized spacial score (nSPS) is 11.0. The van der Waals surface area contributed by atoms with E-state index in [2.05, 4.69) is 5.32 Å². The summed E-state index contributed by atoms with van der Waals surface area (Å²) in [6.45, 7) is 1.96. The number of nitrogens with one attached hydrogen (secondary N) is 1. The Labute approximate surface area is 119 Å². The van der Waals surface area contributed by atoms with E-state index in [1.807, 2.05) is 13.0 Å². The highest BCUT2D eigenvalue weighted by Gasteiger charge is 2.20. The Kier molecular flexibility index (Phi) is 3.13. The number of furan rings is 2. The molecule has 0 aliphatic carbocycles. The number of halogens is 1. The lowest BCUT2D eigenvalue weighted by Gasteiger charge is -2.02. The van der Waals surface area contributed by atoms with Crippen LogP contribution in [-0.2, 0) is 6.42 Å². The van der Waals surface area contributed by atoms with Crippen molar-refractivity contribution >= 4 is 28.4 Å². The molecule has 0 saturated carbocycles. The topological polar surface area (TPSA) is 81.4 Å². The van der Waals surface area contributed by atoms with Gasteiger partial charge in [-0.25, -0.2) is 4.39 Å². The maximum atomic E-state index is 13.4. The van der Waals surface area contributed by atoms with Crippen molar-refractivity contribution in [3.8, 4) is 0 Å². The lowest BCUT2D eigenvalue weighted by atomic mass is 10.2. The zero-order chi connectivity index (χ0) is 15.0. The number of fused-ring (bicyclic) bond motifs is 1. The Bertz CT molecular complexity index is 820. The molecule has 1 amide bonds. The van der Waals surface area contributed by atoms with Crippen molar-refractivity contribution in [1.29, 1.82) is 0 Å². The van der Waals surface area contributed by atoms with Crippen molar-refractivity contribution in [2.24, 2.45) is 5.73 Å². The van der Waals surface area contributed by atoms with Crippen LogP contribution in [0.4, 0.5) is 16.0 Å². The van der Waals surface area contributed by atoms with Crippen molar-refractivity contribution in [2.75, 3.05) is 5.32 Å². The van der Waals surface area contributed by atoms with Gasteiger partial charge in [-0.05, 0) is 24.3 Å². The summed E-state index contributed by atoms with van der Waals surface area (Å²) in [7, 11) is 0. The second-order valence-corrected chi connectivity index (χ2v) is 4.56. The van der Waals surface area contributed by atoms with Crippen LogP contribution in [0.3, 0.4) is 0 Å². The molecule has 3 rings (SSSR count). The van der Waals surface area contributed by atoms with Gasteiger partial charge < -0.3 is 19.9 Å². The van der Waals surface area contributed by atoms with E-state index in [1.54, 1.807) is 6.07 Å². The third kappa shape index (κ3) is 2.35. The van der Waals surface area contributed by atoms with Gasteiger partial charge >= 0.3 is 0 Å². The molecule has 0 aliphatic heterocycles. The highest BCUT2D eigenvalue weighted by atomic mass is 19.1. The van der Waals surface area contributed by atoms with Crippen LogP contribution in [0.5, 0.6) is 0 Å². The van der Waals surface area contributed by atoms with Crippen molar-refractivity contribution < 1.29 is 18.0 Å². The maximum Gasteiger partial charge on any atom is 0.286 e. The monoisotopic (exact) mass is 288 g/mol. The highest BCUT2D eigenvalue weighted by Crippen LogP contribution is 2.34. The van der Waals surface area contributed by atoms with Gasteiger partial charge in [-0.15, -0.1) is 0 Å². The number of carbonyl (C=O) groups is 1. The van der Waals surface area contributed by atoms with Gasteiger partial charge in [-0.1, -0.05) is 6.92 Å². The molecular formula is C15H13FN2O3. The Balaban J connectivity index is 2.12. The molecule has 108 valence electrons. The molecule has 0 saturated heterocycles. The zero-order valence-corrected chi connectivity index (χ0v) is 11.3. The quantitative estimate of drug-likeness (QED) is 0.769. The van der Waals surface area contributed by atoms with Crippen LogP contribution in [-0.4, -0.2) is 5.91 Å². The van der Waals surface area contributed by atoms with Gasteiger partial charge in [-0.3, -0.25) is 4.79 Å². The van der Waals surface area contributed by atoms with Crippen molar-refractivity contribution in [3.05, 3.63) is 47.7 Å². The van der Waals surface area contributed by atoms with E-state index in [4.69, 9.17) is 14.6 Å². The highest BCUT2D eigenvalue weighted by molar-refractivity contribution is 6.06. The molecule has 21 heavy (non-hydrogen) atoms. The van der Waals surface area contributed by atoms with Crippen LogP contribution in [0.15, 0.2) is 39.2 Å². The van der Waals surface area contributed by atoms with Crippen LogP contribution in [0, 0.1) is 5.82 Å². The minimum Gasteiger partial charge on any atom is -0.449 e. The number of carbonyl (C=O) groups excluding carboxylic acids is 1. The van der Waals surface area contributed by atoms with E-state index in [-0.39, 0.29) is 5.76 Å². The SMILES string of the molecule is CCc1ccc(Nc2c(C(N)=O)oc3ccc(F)cc23)o1.